The molecule has 0 saturated heterocycles. The quantitative estimate of drug-likeness (QED) is 0.929. The second-order valence-corrected chi connectivity index (χ2v) is 6.30. The average molecular weight is 330 g/mol. The molecule has 1 atom stereocenters. The number of nitrogens with one attached hydrogen (secondary N) is 1. The molecule has 1 aliphatic rings. The number of carbonyl (C=O) groups is 2. The average Bonchev–Trinajstić information content (AvgIpc) is 3.22. The molecule has 0 radical (unpaired) electrons. The summed E-state index contributed by atoms with van der Waals surface area (Å²) in [6, 6.07) is 3.44. The van der Waals surface area contributed by atoms with Gasteiger partial charge in [-0.1, -0.05) is 13.8 Å². The lowest BCUT2D eigenvalue weighted by molar-refractivity contribution is -0.137. The van der Waals surface area contributed by atoms with Crippen molar-refractivity contribution >= 4 is 11.8 Å². The standard InChI is InChI=1S/C17H22N4O3/c1-11(2)17(23)21-7-6-20-10-14(19-15(20)12(21)3)16(22)18-9-13-5-4-8-24-13/h4-5,8,10-12H,6-7,9H2,1-3H3,(H,18,22)/t12-/m0/s1. The van der Waals surface area contributed by atoms with Crippen LogP contribution < -0.4 is 5.32 Å². The Hall–Kier alpha value is -2.57. The van der Waals surface area contributed by atoms with Crippen molar-refractivity contribution in [2.24, 2.45) is 5.92 Å². The number of furan rings is 1. The van der Waals surface area contributed by atoms with Gasteiger partial charge in [0.25, 0.3) is 5.91 Å². The minimum atomic E-state index is -0.248. The van der Waals surface area contributed by atoms with Gasteiger partial charge >= 0.3 is 0 Å². The molecule has 0 saturated carbocycles. The van der Waals surface area contributed by atoms with Gasteiger partial charge in [-0.15, -0.1) is 0 Å². The predicted molar refractivity (Wildman–Crippen MR) is 87.1 cm³/mol. The second-order valence-electron chi connectivity index (χ2n) is 6.30. The summed E-state index contributed by atoms with van der Waals surface area (Å²) in [7, 11) is 0. The fourth-order valence-corrected chi connectivity index (χ4v) is 2.90. The van der Waals surface area contributed by atoms with Crippen molar-refractivity contribution in [1.82, 2.24) is 19.8 Å². The van der Waals surface area contributed by atoms with Gasteiger partial charge in [0, 0.05) is 25.2 Å². The molecule has 7 heteroatoms. The molecular formula is C17H22N4O3. The number of aromatic nitrogens is 2. The highest BCUT2D eigenvalue weighted by Gasteiger charge is 2.31. The Morgan fingerprint density at radius 2 is 2.21 bits per heavy atom. The van der Waals surface area contributed by atoms with Gasteiger partial charge in [0.05, 0.1) is 18.8 Å². The first-order valence-electron chi connectivity index (χ1n) is 8.15. The summed E-state index contributed by atoms with van der Waals surface area (Å²) in [6.07, 6.45) is 3.32. The smallest absolute Gasteiger partial charge is 0.271 e. The monoisotopic (exact) mass is 330 g/mol. The maximum atomic E-state index is 12.3. The molecule has 0 aromatic carbocycles. The van der Waals surface area contributed by atoms with Crippen LogP contribution in [0.25, 0.3) is 0 Å². The van der Waals surface area contributed by atoms with Gasteiger partial charge in [0.2, 0.25) is 5.91 Å². The van der Waals surface area contributed by atoms with E-state index < -0.39 is 0 Å². The zero-order valence-corrected chi connectivity index (χ0v) is 14.2. The van der Waals surface area contributed by atoms with E-state index in [0.29, 0.717) is 31.1 Å². The number of imidazole rings is 1. The zero-order valence-electron chi connectivity index (χ0n) is 14.2. The van der Waals surface area contributed by atoms with Gasteiger partial charge in [-0.3, -0.25) is 9.59 Å². The molecule has 0 bridgehead atoms. The molecule has 0 unspecified atom stereocenters. The molecule has 2 amide bonds. The topological polar surface area (TPSA) is 80.4 Å². The molecule has 0 aliphatic carbocycles. The summed E-state index contributed by atoms with van der Waals surface area (Å²) in [4.78, 5) is 30.9. The number of rotatable bonds is 4. The van der Waals surface area contributed by atoms with Crippen molar-refractivity contribution < 1.29 is 14.0 Å². The molecule has 1 aliphatic heterocycles. The number of hydrogen-bond donors (Lipinski definition) is 1. The van der Waals surface area contributed by atoms with E-state index in [4.69, 9.17) is 4.42 Å². The highest BCUT2D eigenvalue weighted by atomic mass is 16.3. The van der Waals surface area contributed by atoms with Crippen LogP contribution in [0.4, 0.5) is 0 Å². The van der Waals surface area contributed by atoms with Crippen molar-refractivity contribution in [1.29, 1.82) is 0 Å². The van der Waals surface area contributed by atoms with Gasteiger partial charge in [0.15, 0.2) is 0 Å². The Balaban J connectivity index is 1.72. The maximum Gasteiger partial charge on any atom is 0.271 e. The number of amides is 2. The fourth-order valence-electron chi connectivity index (χ4n) is 2.90. The van der Waals surface area contributed by atoms with Crippen molar-refractivity contribution in [3.63, 3.8) is 0 Å². The summed E-state index contributed by atoms with van der Waals surface area (Å²) in [5.74, 6) is 1.25. The normalized spacial score (nSPS) is 17.0. The molecule has 0 spiro atoms. The van der Waals surface area contributed by atoms with Crippen LogP contribution in [0.1, 0.15) is 48.9 Å². The Bertz CT molecular complexity index is 733. The molecule has 7 nitrogen and oxygen atoms in total. The first-order chi connectivity index (χ1) is 11.5. The van der Waals surface area contributed by atoms with Gasteiger partial charge in [-0.2, -0.15) is 0 Å². The zero-order chi connectivity index (χ0) is 17.3. The lowest BCUT2D eigenvalue weighted by atomic mass is 10.1. The predicted octanol–water partition coefficient (Wildman–Crippen LogP) is 1.97. The van der Waals surface area contributed by atoms with Crippen LogP contribution in [0.2, 0.25) is 0 Å². The fraction of sp³-hybridized carbons (Fsp3) is 0.471. The highest BCUT2D eigenvalue weighted by Crippen LogP contribution is 2.26. The number of fused-ring (bicyclic) bond motifs is 1. The Morgan fingerprint density at radius 1 is 1.42 bits per heavy atom. The van der Waals surface area contributed by atoms with Crippen LogP contribution in [0, 0.1) is 5.92 Å². The lowest BCUT2D eigenvalue weighted by Gasteiger charge is -2.34. The second kappa shape index (κ2) is 6.51. The first kappa shape index (κ1) is 16.3. The number of nitrogens with zero attached hydrogens (tertiary/aromatic N) is 3. The highest BCUT2D eigenvalue weighted by molar-refractivity contribution is 5.92. The van der Waals surface area contributed by atoms with Gasteiger partial charge in [-0.25, -0.2) is 4.98 Å². The van der Waals surface area contributed by atoms with Gasteiger partial charge < -0.3 is 19.2 Å². The minimum Gasteiger partial charge on any atom is -0.467 e. The van der Waals surface area contributed by atoms with E-state index in [9.17, 15) is 9.59 Å². The summed E-state index contributed by atoms with van der Waals surface area (Å²) in [6.45, 7) is 7.34. The van der Waals surface area contributed by atoms with E-state index in [2.05, 4.69) is 10.3 Å². The minimum absolute atomic E-state index is 0.0509. The molecule has 3 rings (SSSR count). The van der Waals surface area contributed by atoms with E-state index in [0.717, 1.165) is 5.82 Å². The lowest BCUT2D eigenvalue weighted by Crippen LogP contribution is -2.42. The molecular weight excluding hydrogens is 308 g/mol. The van der Waals surface area contributed by atoms with E-state index in [1.54, 1.807) is 24.6 Å². The Kier molecular flexibility index (Phi) is 4.42. The number of hydrogen-bond acceptors (Lipinski definition) is 4. The summed E-state index contributed by atoms with van der Waals surface area (Å²) in [5, 5.41) is 2.79. The van der Waals surface area contributed by atoms with Crippen molar-refractivity contribution in [3.8, 4) is 0 Å². The Labute approximate surface area is 140 Å². The van der Waals surface area contributed by atoms with E-state index in [-0.39, 0.29) is 23.8 Å². The van der Waals surface area contributed by atoms with Crippen molar-refractivity contribution in [2.75, 3.05) is 6.54 Å². The van der Waals surface area contributed by atoms with E-state index >= 15 is 0 Å². The summed E-state index contributed by atoms with van der Waals surface area (Å²) < 4.78 is 7.15. The third kappa shape index (κ3) is 3.06. The summed E-state index contributed by atoms with van der Waals surface area (Å²) in [5.41, 5.74) is 0.363. The van der Waals surface area contributed by atoms with Crippen LogP contribution >= 0.6 is 0 Å². The molecule has 0 fully saturated rings. The largest absolute Gasteiger partial charge is 0.467 e. The van der Waals surface area contributed by atoms with Gasteiger partial charge in [0.1, 0.15) is 17.3 Å². The molecule has 2 aromatic heterocycles. The third-order valence-electron chi connectivity index (χ3n) is 4.24. The third-order valence-corrected chi connectivity index (χ3v) is 4.24. The maximum absolute atomic E-state index is 12.3. The molecule has 1 N–H and O–H groups in total. The van der Waals surface area contributed by atoms with Gasteiger partial charge in [-0.05, 0) is 19.1 Å². The molecule has 2 aromatic rings. The Morgan fingerprint density at radius 3 is 2.88 bits per heavy atom. The van der Waals surface area contributed by atoms with Crippen LogP contribution in [-0.2, 0) is 17.9 Å². The molecule has 128 valence electrons. The van der Waals surface area contributed by atoms with Crippen molar-refractivity contribution in [3.05, 3.63) is 41.9 Å². The van der Waals surface area contributed by atoms with E-state index in [1.807, 2.05) is 30.2 Å². The van der Waals surface area contributed by atoms with Crippen LogP contribution in [0.15, 0.2) is 29.0 Å². The van der Waals surface area contributed by atoms with Crippen molar-refractivity contribution in [2.45, 2.75) is 39.9 Å². The number of carbonyl (C=O) groups excluding carboxylic acids is 2. The molecule has 24 heavy (non-hydrogen) atoms. The summed E-state index contributed by atoms with van der Waals surface area (Å²) >= 11 is 0. The molecule has 3 heterocycles. The van der Waals surface area contributed by atoms with E-state index in [1.165, 1.54) is 0 Å². The van der Waals surface area contributed by atoms with Crippen LogP contribution in [-0.4, -0.2) is 32.8 Å². The first-order valence-corrected chi connectivity index (χ1v) is 8.15. The SMILES string of the molecule is CC(C)C(=O)N1CCn2cc(C(=O)NCc3ccco3)nc2[C@@H]1C. The van der Waals surface area contributed by atoms with Crippen LogP contribution in [0.5, 0.6) is 0 Å². The van der Waals surface area contributed by atoms with Crippen LogP contribution in [0.3, 0.4) is 0 Å².